The van der Waals surface area contributed by atoms with Crippen molar-refractivity contribution in [3.05, 3.63) is 95.4 Å². The van der Waals surface area contributed by atoms with Crippen molar-refractivity contribution in [1.82, 2.24) is 15.0 Å². The summed E-state index contributed by atoms with van der Waals surface area (Å²) < 4.78 is 135. The van der Waals surface area contributed by atoms with Gasteiger partial charge >= 0.3 is 0 Å². The van der Waals surface area contributed by atoms with E-state index in [4.69, 9.17) is 17.0 Å². The van der Waals surface area contributed by atoms with Crippen molar-refractivity contribution >= 4 is 220 Å². The molecule has 4 radical (unpaired) electrons. The molecule has 0 unspecified atom stereocenters. The molecule has 0 fully saturated rings. The number of nitrogens with zero attached hydrogens (tertiary/aromatic N) is 6. The number of aromatic amines is 2. The Kier molecular flexibility index (Phi) is 18.8. The van der Waals surface area contributed by atoms with Crippen molar-refractivity contribution in [2.75, 3.05) is 0 Å². The first-order chi connectivity index (χ1) is 25.6. The normalized spacial score (nSPS) is 12.5. The first-order valence-electron chi connectivity index (χ1n) is 14.5. The average Bonchev–Trinajstić information content (AvgIpc) is 3.08. The van der Waals surface area contributed by atoms with E-state index in [1.165, 1.54) is 42.5 Å². The molecule has 0 spiro atoms. The van der Waals surface area contributed by atoms with E-state index in [0.29, 0.717) is 18.2 Å². The summed E-state index contributed by atoms with van der Waals surface area (Å²) in [5.74, 6) is 0. The van der Waals surface area contributed by atoms with Crippen molar-refractivity contribution in [2.24, 2.45) is 25.4 Å². The third-order valence-electron chi connectivity index (χ3n) is 7.41. The van der Waals surface area contributed by atoms with Crippen LogP contribution >= 0.6 is 11.6 Å². The fraction of sp³-hybridized carbons (Fsp3) is 0. The predicted octanol–water partition coefficient (Wildman–Crippen LogP) is 3.70. The van der Waals surface area contributed by atoms with E-state index < -0.39 is 65.7 Å². The van der Waals surface area contributed by atoms with E-state index in [2.05, 4.69) is 40.4 Å². The van der Waals surface area contributed by atoms with E-state index in [1.807, 2.05) is 0 Å². The molecular formula is C29H20ClN9Na4O12S4. The summed E-state index contributed by atoms with van der Waals surface area (Å²) >= 11 is 5.89. The molecule has 0 saturated heterocycles. The van der Waals surface area contributed by atoms with Crippen LogP contribution in [-0.4, -0.2) is 185 Å². The second-order valence-electron chi connectivity index (χ2n) is 11.0. The molecule has 5 aromatic carbocycles. The number of fused-ring (bicyclic) bond motifs is 2. The van der Waals surface area contributed by atoms with Gasteiger partial charge in [-0.3, -0.25) is 28.6 Å². The van der Waals surface area contributed by atoms with Crippen LogP contribution < -0.4 is 11.2 Å². The van der Waals surface area contributed by atoms with Gasteiger partial charge in [-0.25, -0.2) is 4.99 Å². The minimum atomic E-state index is -5.00. The van der Waals surface area contributed by atoms with Crippen LogP contribution in [0.1, 0.15) is 0 Å². The van der Waals surface area contributed by atoms with Gasteiger partial charge in [0, 0.05) is 140 Å². The van der Waals surface area contributed by atoms with Crippen LogP contribution in [0.4, 0.5) is 28.4 Å². The van der Waals surface area contributed by atoms with Gasteiger partial charge in [0.2, 0.25) is 16.5 Å². The predicted molar refractivity (Wildman–Crippen MR) is 214 cm³/mol. The summed E-state index contributed by atoms with van der Waals surface area (Å²) in [4.78, 5) is 10.2. The van der Waals surface area contributed by atoms with Crippen LogP contribution in [0.5, 0.6) is 0 Å². The molecule has 0 aliphatic rings. The zero-order chi connectivity index (χ0) is 40.1. The number of rotatable bonds is 9. The third kappa shape index (κ3) is 12.7. The van der Waals surface area contributed by atoms with Gasteiger partial charge in [0.15, 0.2) is 0 Å². The minimum absolute atomic E-state index is 0. The Morgan fingerprint density at radius 3 is 1.56 bits per heavy atom. The maximum absolute atomic E-state index is 12.4. The number of hydrogen-bond acceptors (Lipinski definition) is 15. The van der Waals surface area contributed by atoms with Crippen LogP contribution in [0.15, 0.2) is 124 Å². The molecule has 21 nitrogen and oxygen atoms in total. The van der Waals surface area contributed by atoms with Crippen LogP contribution in [0, 0.1) is 5.41 Å². The molecule has 0 amide bonds. The Balaban J connectivity index is 0.00000300. The number of hydrogen-bond donors (Lipinski definition) is 7. The number of nitrogens with one attached hydrogen (secondary N) is 3. The summed E-state index contributed by atoms with van der Waals surface area (Å²) in [6.07, 6.45) is 0. The second kappa shape index (κ2) is 20.7. The monoisotopic (exact) mass is 941 g/mol. The van der Waals surface area contributed by atoms with Gasteiger partial charge in [-0.15, -0.1) is 20.5 Å². The molecule has 6 aromatic rings. The van der Waals surface area contributed by atoms with E-state index in [0.717, 1.165) is 18.2 Å². The molecule has 59 heavy (non-hydrogen) atoms. The number of aromatic nitrogens is 3. The molecule has 0 saturated carbocycles. The van der Waals surface area contributed by atoms with Crippen LogP contribution in [-0.2, 0) is 40.5 Å². The Bertz CT molecular complexity index is 3280. The zero-order valence-corrected chi connectivity index (χ0v) is 42.8. The standard InChI is InChI=1S/C29H20ClN9O12S4.4Na/c30-27-33-28(31)35-29(34-27)32-22-10-9-20(17-2-1-3-25(26(17)22)55(49,50)51)37-36-19-7-8-21(18-12-14(52(40,41)42)4-6-16(18)19)38-39-23-13-15(53(43,44)45)5-11-24(23)54(46,47)48;;;;/h1-13H,(H,40,41,42)(H,43,44,45)(H,46,47,48)(H,49,50,51)(H3,31,32,33,34,35);;;;. The topological polar surface area (TPSA) is 348 Å². The minimum Gasteiger partial charge on any atom is -0.300 e. The molecular weight excluding hydrogens is 922 g/mol. The smallest absolute Gasteiger partial charge is 0.296 e. The van der Waals surface area contributed by atoms with Gasteiger partial charge in [-0.2, -0.15) is 38.7 Å². The number of halogens is 1. The maximum Gasteiger partial charge on any atom is 0.296 e. The second-order valence-corrected chi connectivity index (χ2v) is 17.0. The first-order valence-corrected chi connectivity index (χ1v) is 20.7. The Labute approximate surface area is 427 Å². The molecule has 0 aliphatic heterocycles. The summed E-state index contributed by atoms with van der Waals surface area (Å²) in [5.41, 5.74) is -1.32. The molecule has 6 rings (SSSR count). The number of H-pyrrole nitrogens is 2. The van der Waals surface area contributed by atoms with Crippen molar-refractivity contribution in [3.8, 4) is 0 Å². The van der Waals surface area contributed by atoms with E-state index in [-0.39, 0.29) is 179 Å². The fourth-order valence-corrected chi connectivity index (χ4v) is 7.62. The number of azo groups is 2. The van der Waals surface area contributed by atoms with Crippen LogP contribution in [0.2, 0.25) is 5.28 Å². The SMILES string of the molecule is N=c1nc(Cl)[nH]c(=Nc2ccc(N=Nc3ccc(N=Nc4cc(S(=O)(=O)O)ccc4S(=O)(=O)O)c4cc(S(=O)(=O)O)ccc34)c3cccc(S(=O)(=O)O)c23)[nH]1.[Na].[Na].[Na].[Na]. The van der Waals surface area contributed by atoms with Crippen LogP contribution in [0.3, 0.4) is 0 Å². The van der Waals surface area contributed by atoms with Gasteiger partial charge < -0.3 is 4.98 Å². The maximum atomic E-state index is 12.4. The van der Waals surface area contributed by atoms with Crippen molar-refractivity contribution in [1.29, 1.82) is 5.41 Å². The van der Waals surface area contributed by atoms with E-state index in [1.54, 1.807) is 0 Å². The van der Waals surface area contributed by atoms with Crippen molar-refractivity contribution < 1.29 is 51.9 Å². The Hall–Kier alpha value is -1.64. The first kappa shape index (κ1) is 53.5. The molecule has 1 heterocycles. The van der Waals surface area contributed by atoms with Gasteiger partial charge in [0.05, 0.1) is 32.5 Å². The molecule has 0 aliphatic carbocycles. The Morgan fingerprint density at radius 1 is 0.525 bits per heavy atom. The van der Waals surface area contributed by atoms with Gasteiger partial charge in [0.25, 0.3) is 40.5 Å². The summed E-state index contributed by atoms with van der Waals surface area (Å²) in [5, 5.41) is 23.8. The van der Waals surface area contributed by atoms with Gasteiger partial charge in [-0.05, 0) is 72.3 Å². The average molecular weight is 942 g/mol. The summed E-state index contributed by atoms with van der Waals surface area (Å²) in [7, 11) is -19.5. The molecule has 0 bridgehead atoms. The van der Waals surface area contributed by atoms with Gasteiger partial charge in [-0.1, -0.05) is 18.2 Å². The quantitative estimate of drug-likeness (QED) is 0.0618. The fourth-order valence-electron chi connectivity index (χ4n) is 5.11. The molecule has 288 valence electrons. The van der Waals surface area contributed by atoms with Gasteiger partial charge in [0.1, 0.15) is 15.5 Å². The zero-order valence-electron chi connectivity index (χ0n) is 30.8. The molecule has 0 atom stereocenters. The van der Waals surface area contributed by atoms with Crippen molar-refractivity contribution in [2.45, 2.75) is 19.6 Å². The molecule has 1 aromatic heterocycles. The molecule has 30 heteroatoms. The van der Waals surface area contributed by atoms with Crippen molar-refractivity contribution in [3.63, 3.8) is 0 Å². The van der Waals surface area contributed by atoms with Crippen LogP contribution in [0.25, 0.3) is 21.5 Å². The summed E-state index contributed by atoms with van der Waals surface area (Å²) in [6.45, 7) is 0. The largest absolute Gasteiger partial charge is 0.300 e. The summed E-state index contributed by atoms with van der Waals surface area (Å²) in [6, 6.07) is 14.4. The third-order valence-corrected chi connectivity index (χ3v) is 11.1. The Morgan fingerprint density at radius 2 is 1.02 bits per heavy atom. The molecule has 7 N–H and O–H groups in total. The van der Waals surface area contributed by atoms with E-state index in [9.17, 15) is 51.9 Å². The van der Waals surface area contributed by atoms with E-state index >= 15 is 0 Å². The number of benzene rings is 5.